The third kappa shape index (κ3) is 5.15. The Labute approximate surface area is 130 Å². The molecule has 1 heterocycles. The summed E-state index contributed by atoms with van der Waals surface area (Å²) in [4.78, 5) is 25.5. The summed E-state index contributed by atoms with van der Waals surface area (Å²) >= 11 is 0. The third-order valence-corrected chi connectivity index (χ3v) is 3.92. The Bertz CT molecular complexity index is 489. The fraction of sp³-hybridized carbons (Fsp3) is 0.529. The highest BCUT2D eigenvalue weighted by molar-refractivity contribution is 5.81. The molecule has 1 atom stereocenters. The van der Waals surface area contributed by atoms with E-state index < -0.39 is 0 Å². The Hall–Kier alpha value is -1.88. The third-order valence-electron chi connectivity index (χ3n) is 3.92. The maximum atomic E-state index is 12.1. The van der Waals surface area contributed by atoms with E-state index in [1.165, 1.54) is 0 Å². The summed E-state index contributed by atoms with van der Waals surface area (Å²) in [6, 6.07) is 9.46. The van der Waals surface area contributed by atoms with E-state index >= 15 is 0 Å². The van der Waals surface area contributed by atoms with Crippen LogP contribution in [0.1, 0.15) is 31.2 Å². The fourth-order valence-electron chi connectivity index (χ4n) is 2.62. The van der Waals surface area contributed by atoms with Crippen LogP contribution in [0.3, 0.4) is 0 Å². The van der Waals surface area contributed by atoms with Crippen LogP contribution >= 0.6 is 0 Å². The largest absolute Gasteiger partial charge is 0.461 e. The quantitative estimate of drug-likeness (QED) is 0.813. The smallest absolute Gasteiger partial charge is 0.306 e. The van der Waals surface area contributed by atoms with Crippen molar-refractivity contribution >= 4 is 11.9 Å². The van der Waals surface area contributed by atoms with Crippen molar-refractivity contribution in [1.82, 2.24) is 4.90 Å². The van der Waals surface area contributed by atoms with Crippen LogP contribution in [0, 0.1) is 5.92 Å². The molecular weight excluding hydrogens is 282 g/mol. The zero-order valence-corrected chi connectivity index (χ0v) is 12.7. The molecule has 0 unspecified atom stereocenters. The van der Waals surface area contributed by atoms with Gasteiger partial charge in [-0.15, -0.1) is 0 Å². The monoisotopic (exact) mass is 305 g/mol. The van der Waals surface area contributed by atoms with Gasteiger partial charge in [0.05, 0.1) is 6.42 Å². The first-order chi connectivity index (χ1) is 10.7. The van der Waals surface area contributed by atoms with E-state index in [2.05, 4.69) is 0 Å². The first-order valence-corrected chi connectivity index (χ1v) is 7.77. The van der Waals surface area contributed by atoms with Crippen molar-refractivity contribution in [2.45, 2.75) is 32.3 Å². The lowest BCUT2D eigenvalue weighted by Gasteiger charge is -2.31. The summed E-state index contributed by atoms with van der Waals surface area (Å²) in [7, 11) is 0. The number of carbonyl (C=O) groups is 2. The van der Waals surface area contributed by atoms with Crippen LogP contribution in [0.5, 0.6) is 0 Å². The molecule has 1 N–H and O–H groups in total. The highest BCUT2D eigenvalue weighted by Gasteiger charge is 2.23. The molecule has 5 heteroatoms. The second-order valence-electron chi connectivity index (χ2n) is 5.68. The predicted octanol–water partition coefficient (Wildman–Crippen LogP) is 1.74. The molecule has 22 heavy (non-hydrogen) atoms. The van der Waals surface area contributed by atoms with E-state index in [0.717, 1.165) is 18.4 Å². The number of esters is 1. The van der Waals surface area contributed by atoms with Crippen molar-refractivity contribution in [2.24, 2.45) is 5.92 Å². The molecule has 120 valence electrons. The minimum Gasteiger partial charge on any atom is -0.461 e. The van der Waals surface area contributed by atoms with Gasteiger partial charge in [-0.05, 0) is 24.3 Å². The minimum absolute atomic E-state index is 0.0326. The topological polar surface area (TPSA) is 66.8 Å². The molecule has 0 bridgehead atoms. The van der Waals surface area contributed by atoms with Crippen molar-refractivity contribution in [3.63, 3.8) is 0 Å². The van der Waals surface area contributed by atoms with E-state index in [-0.39, 0.29) is 43.8 Å². The van der Waals surface area contributed by atoms with Crippen LogP contribution in [0.2, 0.25) is 0 Å². The van der Waals surface area contributed by atoms with Gasteiger partial charge < -0.3 is 14.7 Å². The van der Waals surface area contributed by atoms with Crippen molar-refractivity contribution in [3.05, 3.63) is 35.9 Å². The van der Waals surface area contributed by atoms with Crippen molar-refractivity contribution in [3.8, 4) is 0 Å². The molecule has 0 aliphatic carbocycles. The fourth-order valence-corrected chi connectivity index (χ4v) is 2.62. The van der Waals surface area contributed by atoms with Gasteiger partial charge in [0.25, 0.3) is 0 Å². The summed E-state index contributed by atoms with van der Waals surface area (Å²) in [6.07, 6.45) is 2.15. The van der Waals surface area contributed by atoms with Gasteiger partial charge >= 0.3 is 5.97 Å². The number of amides is 1. The lowest BCUT2D eigenvalue weighted by atomic mass is 9.99. The number of aliphatic hydroxyl groups is 1. The maximum absolute atomic E-state index is 12.1. The highest BCUT2D eigenvalue weighted by Crippen LogP contribution is 2.17. The normalized spacial score (nSPS) is 18.0. The van der Waals surface area contributed by atoms with Crippen LogP contribution in [0.15, 0.2) is 30.3 Å². The SMILES string of the molecule is O=C(CCC(=O)N1CCC[C@@H](CO)C1)OCc1ccccc1. The lowest BCUT2D eigenvalue weighted by molar-refractivity contribution is -0.147. The standard InChI is InChI=1S/C17H23NO4/c19-12-15-7-4-10-18(11-15)16(20)8-9-17(21)22-13-14-5-2-1-3-6-14/h1-3,5-6,15,19H,4,7-13H2/t15-/m1/s1. The molecule has 1 aliphatic rings. The second kappa shape index (κ2) is 8.54. The van der Waals surface area contributed by atoms with Crippen LogP contribution in [-0.2, 0) is 20.9 Å². The van der Waals surface area contributed by atoms with Gasteiger partial charge in [-0.1, -0.05) is 30.3 Å². The molecule has 1 amide bonds. The maximum Gasteiger partial charge on any atom is 0.306 e. The highest BCUT2D eigenvalue weighted by atomic mass is 16.5. The first-order valence-electron chi connectivity index (χ1n) is 7.77. The van der Waals surface area contributed by atoms with Crippen molar-refractivity contribution in [2.75, 3.05) is 19.7 Å². The van der Waals surface area contributed by atoms with Crippen LogP contribution < -0.4 is 0 Å². The molecule has 0 spiro atoms. The molecule has 1 saturated heterocycles. The number of nitrogens with zero attached hydrogens (tertiary/aromatic N) is 1. The summed E-state index contributed by atoms with van der Waals surface area (Å²) < 4.78 is 5.16. The lowest BCUT2D eigenvalue weighted by Crippen LogP contribution is -2.41. The predicted molar refractivity (Wildman–Crippen MR) is 81.9 cm³/mol. The number of carbonyl (C=O) groups excluding carboxylic acids is 2. The Kier molecular flexibility index (Phi) is 6.40. The summed E-state index contributed by atoms with van der Waals surface area (Å²) in [5.41, 5.74) is 0.934. The second-order valence-corrected chi connectivity index (χ2v) is 5.68. The van der Waals surface area contributed by atoms with E-state index in [9.17, 15) is 14.7 Å². The summed E-state index contributed by atoms with van der Waals surface area (Å²) in [5.74, 6) is -0.217. The molecule has 0 radical (unpaired) electrons. The minimum atomic E-state index is -0.354. The first kappa shape index (κ1) is 16.5. The molecular formula is C17H23NO4. The Morgan fingerprint density at radius 1 is 1.23 bits per heavy atom. The van der Waals surface area contributed by atoms with Crippen molar-refractivity contribution in [1.29, 1.82) is 0 Å². The zero-order valence-electron chi connectivity index (χ0n) is 12.7. The number of likely N-dealkylation sites (tertiary alicyclic amines) is 1. The van der Waals surface area contributed by atoms with E-state index in [1.54, 1.807) is 4.90 Å². The average molecular weight is 305 g/mol. The van der Waals surface area contributed by atoms with E-state index in [4.69, 9.17) is 4.74 Å². The Morgan fingerprint density at radius 3 is 2.73 bits per heavy atom. The van der Waals surface area contributed by atoms with Gasteiger partial charge in [-0.3, -0.25) is 9.59 Å². The van der Waals surface area contributed by atoms with Crippen molar-refractivity contribution < 1.29 is 19.4 Å². The number of piperidine rings is 1. The van der Waals surface area contributed by atoms with Crippen LogP contribution in [0.25, 0.3) is 0 Å². The molecule has 0 saturated carbocycles. The summed E-state index contributed by atoms with van der Waals surface area (Å²) in [5, 5.41) is 9.17. The molecule has 0 aromatic heterocycles. The number of benzene rings is 1. The molecule has 1 aromatic carbocycles. The van der Waals surface area contributed by atoms with Crippen LogP contribution in [0.4, 0.5) is 0 Å². The van der Waals surface area contributed by atoms with Gasteiger partial charge in [0.2, 0.25) is 5.91 Å². The number of rotatable bonds is 6. The molecule has 2 rings (SSSR count). The molecule has 1 aliphatic heterocycles. The van der Waals surface area contributed by atoms with Gasteiger partial charge in [-0.25, -0.2) is 0 Å². The molecule has 1 aromatic rings. The van der Waals surface area contributed by atoms with Gasteiger partial charge in [0, 0.05) is 26.1 Å². The van der Waals surface area contributed by atoms with Crippen LogP contribution in [-0.4, -0.2) is 41.6 Å². The number of hydrogen-bond acceptors (Lipinski definition) is 4. The molecule has 1 fully saturated rings. The molecule has 5 nitrogen and oxygen atoms in total. The van der Waals surface area contributed by atoms with E-state index in [0.29, 0.717) is 13.1 Å². The Balaban J connectivity index is 1.68. The van der Waals surface area contributed by atoms with Gasteiger partial charge in [0.15, 0.2) is 0 Å². The van der Waals surface area contributed by atoms with E-state index in [1.807, 2.05) is 30.3 Å². The van der Waals surface area contributed by atoms with Gasteiger partial charge in [0.1, 0.15) is 6.61 Å². The number of hydrogen-bond donors (Lipinski definition) is 1. The zero-order chi connectivity index (χ0) is 15.8. The Morgan fingerprint density at radius 2 is 2.00 bits per heavy atom. The number of aliphatic hydroxyl groups excluding tert-OH is 1. The van der Waals surface area contributed by atoms with Gasteiger partial charge in [-0.2, -0.15) is 0 Å². The number of ether oxygens (including phenoxy) is 1. The average Bonchev–Trinajstić information content (AvgIpc) is 2.58. The summed E-state index contributed by atoms with van der Waals surface area (Å²) in [6.45, 7) is 1.66.